The standard InChI is InChI=1S/C13H18BrFN2O.ClH/c1-9(8-16-2)13(18)17-6-5-10-3-4-12(15)11(14)7-10;/h3-4,7,9,16H,5-6,8H2,1-2H3,(H,17,18);1H. The first-order valence-corrected chi connectivity index (χ1v) is 6.70. The van der Waals surface area contributed by atoms with Crippen molar-refractivity contribution in [3.63, 3.8) is 0 Å². The summed E-state index contributed by atoms with van der Waals surface area (Å²) in [5, 5.41) is 5.82. The van der Waals surface area contributed by atoms with Gasteiger partial charge in [0.05, 0.1) is 4.47 Å². The molecular weight excluding hydrogens is 335 g/mol. The Balaban J connectivity index is 0.00000324. The fourth-order valence-corrected chi connectivity index (χ4v) is 2.02. The lowest BCUT2D eigenvalue weighted by Crippen LogP contribution is -2.35. The van der Waals surface area contributed by atoms with Crippen LogP contribution in [0.2, 0.25) is 0 Å². The number of benzene rings is 1. The topological polar surface area (TPSA) is 41.1 Å². The Labute approximate surface area is 127 Å². The smallest absolute Gasteiger partial charge is 0.224 e. The summed E-state index contributed by atoms with van der Waals surface area (Å²) in [5.74, 6) is -0.286. The molecule has 0 saturated heterocycles. The van der Waals surface area contributed by atoms with Crippen molar-refractivity contribution >= 4 is 34.2 Å². The van der Waals surface area contributed by atoms with Crippen LogP contribution < -0.4 is 10.6 Å². The van der Waals surface area contributed by atoms with Crippen LogP contribution in [0.25, 0.3) is 0 Å². The minimum atomic E-state index is -0.273. The van der Waals surface area contributed by atoms with Gasteiger partial charge in [-0.25, -0.2) is 4.39 Å². The van der Waals surface area contributed by atoms with Crippen molar-refractivity contribution < 1.29 is 9.18 Å². The normalized spacial score (nSPS) is 11.6. The highest BCUT2D eigenvalue weighted by atomic mass is 79.9. The number of carbonyl (C=O) groups is 1. The summed E-state index contributed by atoms with van der Waals surface area (Å²) in [6.07, 6.45) is 0.691. The molecule has 0 bridgehead atoms. The number of rotatable bonds is 6. The molecule has 0 aliphatic rings. The third kappa shape index (κ3) is 6.36. The molecule has 0 aromatic heterocycles. The summed E-state index contributed by atoms with van der Waals surface area (Å²) in [4.78, 5) is 11.6. The number of nitrogens with one attached hydrogen (secondary N) is 2. The van der Waals surface area contributed by atoms with Gasteiger partial charge in [-0.3, -0.25) is 4.79 Å². The van der Waals surface area contributed by atoms with Crippen molar-refractivity contribution in [2.45, 2.75) is 13.3 Å². The van der Waals surface area contributed by atoms with Gasteiger partial charge in [-0.1, -0.05) is 13.0 Å². The van der Waals surface area contributed by atoms with E-state index in [1.165, 1.54) is 6.07 Å². The Morgan fingerprint density at radius 3 is 2.74 bits per heavy atom. The largest absolute Gasteiger partial charge is 0.355 e. The first kappa shape index (κ1) is 18.4. The second kappa shape index (κ2) is 9.28. The molecule has 3 nitrogen and oxygen atoms in total. The van der Waals surface area contributed by atoms with Crippen LogP contribution in [0.1, 0.15) is 12.5 Å². The van der Waals surface area contributed by atoms with Gasteiger partial charge in [0.25, 0.3) is 0 Å². The van der Waals surface area contributed by atoms with Gasteiger partial charge in [-0.15, -0.1) is 12.4 Å². The first-order chi connectivity index (χ1) is 8.54. The predicted octanol–water partition coefficient (Wildman–Crippen LogP) is 2.52. The Morgan fingerprint density at radius 2 is 2.16 bits per heavy atom. The SMILES string of the molecule is CNCC(C)C(=O)NCCc1ccc(F)c(Br)c1.Cl. The van der Waals surface area contributed by atoms with E-state index in [2.05, 4.69) is 26.6 Å². The van der Waals surface area contributed by atoms with Gasteiger partial charge in [0.2, 0.25) is 5.91 Å². The summed E-state index contributed by atoms with van der Waals surface area (Å²) in [6, 6.07) is 4.88. The Bertz CT molecular complexity index is 418. The fraction of sp³-hybridized carbons (Fsp3) is 0.462. The zero-order valence-electron chi connectivity index (χ0n) is 11.0. The zero-order chi connectivity index (χ0) is 13.5. The molecule has 108 valence electrons. The quantitative estimate of drug-likeness (QED) is 0.825. The van der Waals surface area contributed by atoms with Crippen LogP contribution in [0.3, 0.4) is 0 Å². The molecular formula is C13H19BrClFN2O. The molecule has 0 aliphatic heterocycles. The van der Waals surface area contributed by atoms with Crippen LogP contribution in [0.5, 0.6) is 0 Å². The third-order valence-corrected chi connectivity index (χ3v) is 3.26. The van der Waals surface area contributed by atoms with Crippen LogP contribution >= 0.6 is 28.3 Å². The molecule has 1 amide bonds. The lowest BCUT2D eigenvalue weighted by molar-refractivity contribution is -0.124. The minimum absolute atomic E-state index is 0. The summed E-state index contributed by atoms with van der Waals surface area (Å²) in [6.45, 7) is 3.10. The highest BCUT2D eigenvalue weighted by Crippen LogP contribution is 2.16. The van der Waals surface area contributed by atoms with Crippen LogP contribution in [0.4, 0.5) is 4.39 Å². The van der Waals surface area contributed by atoms with Gasteiger partial charge in [0.1, 0.15) is 5.82 Å². The van der Waals surface area contributed by atoms with Crippen LogP contribution in [0.15, 0.2) is 22.7 Å². The van der Waals surface area contributed by atoms with Crippen LogP contribution in [-0.4, -0.2) is 26.0 Å². The van der Waals surface area contributed by atoms with Crippen LogP contribution in [-0.2, 0) is 11.2 Å². The monoisotopic (exact) mass is 352 g/mol. The maximum atomic E-state index is 13.0. The van der Waals surface area contributed by atoms with E-state index in [9.17, 15) is 9.18 Å². The third-order valence-electron chi connectivity index (χ3n) is 2.65. The number of hydrogen-bond donors (Lipinski definition) is 2. The fourth-order valence-electron chi connectivity index (χ4n) is 1.60. The number of amides is 1. The van der Waals surface area contributed by atoms with E-state index in [-0.39, 0.29) is 30.0 Å². The number of halogens is 3. The molecule has 1 unspecified atom stereocenters. The van der Waals surface area contributed by atoms with Crippen molar-refractivity contribution in [2.24, 2.45) is 5.92 Å². The van der Waals surface area contributed by atoms with E-state index >= 15 is 0 Å². The lowest BCUT2D eigenvalue weighted by atomic mass is 10.1. The maximum absolute atomic E-state index is 13.0. The highest BCUT2D eigenvalue weighted by Gasteiger charge is 2.10. The van der Waals surface area contributed by atoms with E-state index in [1.54, 1.807) is 12.1 Å². The Hall–Kier alpha value is -0.650. The van der Waals surface area contributed by atoms with Gasteiger partial charge >= 0.3 is 0 Å². The molecule has 6 heteroatoms. The summed E-state index contributed by atoms with van der Waals surface area (Å²) in [5.41, 5.74) is 0.991. The molecule has 0 spiro atoms. The molecule has 1 aromatic carbocycles. The van der Waals surface area contributed by atoms with Gasteiger partial charge in [0.15, 0.2) is 0 Å². The van der Waals surface area contributed by atoms with E-state index < -0.39 is 0 Å². The molecule has 2 N–H and O–H groups in total. The van der Waals surface area contributed by atoms with Crippen molar-refractivity contribution in [2.75, 3.05) is 20.1 Å². The van der Waals surface area contributed by atoms with Crippen molar-refractivity contribution in [1.82, 2.24) is 10.6 Å². The summed E-state index contributed by atoms with van der Waals surface area (Å²) >= 11 is 3.14. The second-order valence-electron chi connectivity index (χ2n) is 4.25. The Morgan fingerprint density at radius 1 is 1.47 bits per heavy atom. The molecule has 0 saturated carbocycles. The highest BCUT2D eigenvalue weighted by molar-refractivity contribution is 9.10. The molecule has 0 heterocycles. The molecule has 0 aliphatic carbocycles. The Kier molecular flexibility index (Phi) is 8.97. The van der Waals surface area contributed by atoms with E-state index in [1.807, 2.05) is 14.0 Å². The van der Waals surface area contributed by atoms with Crippen molar-refractivity contribution in [3.05, 3.63) is 34.1 Å². The predicted molar refractivity (Wildman–Crippen MR) is 81.2 cm³/mol. The minimum Gasteiger partial charge on any atom is -0.355 e. The molecule has 0 fully saturated rings. The van der Waals surface area contributed by atoms with Crippen LogP contribution in [0, 0.1) is 11.7 Å². The summed E-state index contributed by atoms with van der Waals surface area (Å²) in [7, 11) is 1.82. The molecule has 0 radical (unpaired) electrons. The van der Waals surface area contributed by atoms with Gasteiger partial charge in [-0.05, 0) is 47.1 Å². The molecule has 1 atom stereocenters. The maximum Gasteiger partial charge on any atom is 0.224 e. The molecule has 1 rings (SSSR count). The van der Waals surface area contributed by atoms with Gasteiger partial charge in [-0.2, -0.15) is 0 Å². The number of carbonyl (C=O) groups excluding carboxylic acids is 1. The van der Waals surface area contributed by atoms with Crippen molar-refractivity contribution in [1.29, 1.82) is 0 Å². The van der Waals surface area contributed by atoms with E-state index in [0.717, 1.165) is 5.56 Å². The molecule has 19 heavy (non-hydrogen) atoms. The van der Waals surface area contributed by atoms with Gasteiger partial charge < -0.3 is 10.6 Å². The zero-order valence-corrected chi connectivity index (χ0v) is 13.4. The van der Waals surface area contributed by atoms with Crippen molar-refractivity contribution in [3.8, 4) is 0 Å². The average Bonchev–Trinajstić information content (AvgIpc) is 2.34. The lowest BCUT2D eigenvalue weighted by Gasteiger charge is -2.11. The van der Waals surface area contributed by atoms with E-state index in [0.29, 0.717) is 24.0 Å². The second-order valence-corrected chi connectivity index (χ2v) is 5.10. The average molecular weight is 354 g/mol. The summed E-state index contributed by atoms with van der Waals surface area (Å²) < 4.78 is 13.5. The van der Waals surface area contributed by atoms with Gasteiger partial charge in [0, 0.05) is 19.0 Å². The first-order valence-electron chi connectivity index (χ1n) is 5.91. The van der Waals surface area contributed by atoms with E-state index in [4.69, 9.17) is 0 Å². The number of hydrogen-bond acceptors (Lipinski definition) is 2. The molecule has 1 aromatic rings.